The fourth-order valence-electron chi connectivity index (χ4n) is 2.63. The van der Waals surface area contributed by atoms with E-state index >= 15 is 0 Å². The number of aryl methyl sites for hydroxylation is 1. The van der Waals surface area contributed by atoms with E-state index in [1.807, 2.05) is 0 Å². The van der Waals surface area contributed by atoms with Crippen molar-refractivity contribution in [2.45, 2.75) is 32.7 Å². The van der Waals surface area contributed by atoms with E-state index in [0.717, 1.165) is 19.4 Å². The molecule has 0 aliphatic heterocycles. The molecule has 0 bridgehead atoms. The van der Waals surface area contributed by atoms with E-state index in [-0.39, 0.29) is 5.78 Å². The number of hydrogen-bond acceptors (Lipinski definition) is 5. The highest BCUT2D eigenvalue weighted by Gasteiger charge is 2.15. The van der Waals surface area contributed by atoms with Gasteiger partial charge in [0.25, 0.3) is 0 Å². The molecular weight excluding hydrogens is 370 g/mol. The highest BCUT2D eigenvalue weighted by atomic mass is 16.2. The van der Waals surface area contributed by atoms with Crippen molar-refractivity contribution in [2.75, 3.05) is 25.5 Å². The van der Waals surface area contributed by atoms with E-state index in [1.165, 1.54) is 0 Å². The summed E-state index contributed by atoms with van der Waals surface area (Å²) in [5.41, 5.74) is 0.896. The number of hydrogen-bond donors (Lipinski definition) is 2. The van der Waals surface area contributed by atoms with Crippen molar-refractivity contribution >= 4 is 23.3 Å². The van der Waals surface area contributed by atoms with Crippen LogP contribution in [0.3, 0.4) is 0 Å². The standard InChI is InChI=1S/C21H29N5O3/c1-15(2)25(3)13-6-5-11-23-20(28)21(29)24-17-9-7-16(8-10-17)18(27)19-22-12-14-26(19)4/h7-10,12,14-15H,5-6,11,13H2,1-4H3,(H,23,28)(H,24,29). The molecule has 0 unspecified atom stereocenters. The zero-order chi connectivity index (χ0) is 21.4. The van der Waals surface area contributed by atoms with Crippen LogP contribution in [0, 0.1) is 0 Å². The van der Waals surface area contributed by atoms with Crippen molar-refractivity contribution in [2.24, 2.45) is 7.05 Å². The number of imidazole rings is 1. The molecule has 0 spiro atoms. The third-order valence-electron chi connectivity index (χ3n) is 4.74. The molecular formula is C21H29N5O3. The molecule has 2 N–H and O–H groups in total. The van der Waals surface area contributed by atoms with Gasteiger partial charge in [0, 0.05) is 43.3 Å². The molecule has 2 rings (SSSR count). The zero-order valence-electron chi connectivity index (χ0n) is 17.4. The Hall–Kier alpha value is -3.00. The maximum absolute atomic E-state index is 12.4. The van der Waals surface area contributed by atoms with Crippen LogP contribution in [0.1, 0.15) is 42.9 Å². The molecule has 1 aromatic carbocycles. The van der Waals surface area contributed by atoms with Gasteiger partial charge in [-0.1, -0.05) is 0 Å². The fraction of sp³-hybridized carbons (Fsp3) is 0.429. The van der Waals surface area contributed by atoms with Gasteiger partial charge >= 0.3 is 11.8 Å². The second-order valence-corrected chi connectivity index (χ2v) is 7.26. The molecule has 0 atom stereocenters. The minimum absolute atomic E-state index is 0.212. The highest BCUT2D eigenvalue weighted by Crippen LogP contribution is 2.13. The van der Waals surface area contributed by atoms with Crippen molar-refractivity contribution < 1.29 is 14.4 Å². The quantitative estimate of drug-likeness (QED) is 0.381. The first-order chi connectivity index (χ1) is 13.8. The summed E-state index contributed by atoms with van der Waals surface area (Å²) in [7, 11) is 3.81. The van der Waals surface area contributed by atoms with Crippen molar-refractivity contribution in [3.8, 4) is 0 Å². The average Bonchev–Trinajstić information content (AvgIpc) is 3.13. The van der Waals surface area contributed by atoms with Crippen molar-refractivity contribution in [1.29, 1.82) is 0 Å². The van der Waals surface area contributed by atoms with Gasteiger partial charge in [-0.15, -0.1) is 0 Å². The predicted molar refractivity (Wildman–Crippen MR) is 112 cm³/mol. The summed E-state index contributed by atoms with van der Waals surface area (Å²) in [6.07, 6.45) is 5.01. The number of aromatic nitrogens is 2. The maximum Gasteiger partial charge on any atom is 0.313 e. The van der Waals surface area contributed by atoms with Gasteiger partial charge in [-0.2, -0.15) is 0 Å². The SMILES string of the molecule is CC(C)N(C)CCCCNC(=O)C(=O)Nc1ccc(C(=O)c2nccn2C)cc1. The van der Waals surface area contributed by atoms with Crippen LogP contribution in [-0.4, -0.2) is 58.2 Å². The molecule has 0 aliphatic carbocycles. The summed E-state index contributed by atoms with van der Waals surface area (Å²) < 4.78 is 1.64. The van der Waals surface area contributed by atoms with Crippen LogP contribution < -0.4 is 10.6 Å². The van der Waals surface area contributed by atoms with Crippen molar-refractivity contribution in [3.63, 3.8) is 0 Å². The normalized spacial score (nSPS) is 11.0. The maximum atomic E-state index is 12.4. The Morgan fingerprint density at radius 1 is 1.10 bits per heavy atom. The lowest BCUT2D eigenvalue weighted by Gasteiger charge is -2.20. The van der Waals surface area contributed by atoms with E-state index in [0.29, 0.717) is 29.7 Å². The number of amides is 2. The smallest absolute Gasteiger partial charge is 0.313 e. The summed E-state index contributed by atoms with van der Waals surface area (Å²) in [5.74, 6) is -1.28. The van der Waals surface area contributed by atoms with Gasteiger partial charge in [0.05, 0.1) is 0 Å². The first-order valence-electron chi connectivity index (χ1n) is 9.71. The van der Waals surface area contributed by atoms with Gasteiger partial charge < -0.3 is 20.1 Å². The zero-order valence-corrected chi connectivity index (χ0v) is 17.4. The van der Waals surface area contributed by atoms with E-state index < -0.39 is 11.8 Å². The van der Waals surface area contributed by atoms with Gasteiger partial charge in [-0.25, -0.2) is 4.98 Å². The summed E-state index contributed by atoms with van der Waals surface area (Å²) in [4.78, 5) is 42.6. The monoisotopic (exact) mass is 399 g/mol. The molecule has 1 aromatic heterocycles. The first-order valence-corrected chi connectivity index (χ1v) is 9.71. The molecule has 0 aliphatic rings. The number of rotatable bonds is 9. The lowest BCUT2D eigenvalue weighted by atomic mass is 10.1. The van der Waals surface area contributed by atoms with Crippen LogP contribution in [0.25, 0.3) is 0 Å². The highest BCUT2D eigenvalue weighted by molar-refractivity contribution is 6.39. The molecule has 0 saturated carbocycles. The van der Waals surface area contributed by atoms with E-state index in [9.17, 15) is 14.4 Å². The van der Waals surface area contributed by atoms with Gasteiger partial charge in [-0.3, -0.25) is 14.4 Å². The average molecular weight is 399 g/mol. The lowest BCUT2D eigenvalue weighted by molar-refractivity contribution is -0.136. The number of carbonyl (C=O) groups is 3. The van der Waals surface area contributed by atoms with Gasteiger partial charge in [0.15, 0.2) is 5.82 Å². The number of nitrogens with one attached hydrogen (secondary N) is 2. The molecule has 0 saturated heterocycles. The number of anilines is 1. The summed E-state index contributed by atoms with van der Waals surface area (Å²) in [6, 6.07) is 6.85. The molecule has 156 valence electrons. The summed E-state index contributed by atoms with van der Waals surface area (Å²) >= 11 is 0. The molecule has 29 heavy (non-hydrogen) atoms. The lowest BCUT2D eigenvalue weighted by Crippen LogP contribution is -2.36. The molecule has 0 radical (unpaired) electrons. The molecule has 2 aromatic rings. The third-order valence-corrected chi connectivity index (χ3v) is 4.74. The van der Waals surface area contributed by atoms with Crippen LogP contribution in [0.15, 0.2) is 36.7 Å². The van der Waals surface area contributed by atoms with Gasteiger partial charge in [0.2, 0.25) is 5.78 Å². The summed E-state index contributed by atoms with van der Waals surface area (Å²) in [6.45, 7) is 5.67. The Morgan fingerprint density at radius 2 is 1.79 bits per heavy atom. The third kappa shape index (κ3) is 6.53. The van der Waals surface area contributed by atoms with E-state index in [2.05, 4.69) is 41.4 Å². The number of ketones is 1. The van der Waals surface area contributed by atoms with Crippen LogP contribution in [-0.2, 0) is 16.6 Å². The van der Waals surface area contributed by atoms with E-state index in [4.69, 9.17) is 0 Å². The number of unbranched alkanes of at least 4 members (excludes halogenated alkanes) is 1. The largest absolute Gasteiger partial charge is 0.348 e. The number of carbonyl (C=O) groups excluding carboxylic acids is 3. The first kappa shape index (κ1) is 22.3. The predicted octanol–water partition coefficient (Wildman–Crippen LogP) is 1.83. The summed E-state index contributed by atoms with van der Waals surface area (Å²) in [5, 5.41) is 5.16. The second-order valence-electron chi connectivity index (χ2n) is 7.26. The Kier molecular flexibility index (Phi) is 8.09. The molecule has 1 heterocycles. The van der Waals surface area contributed by atoms with Gasteiger partial charge in [-0.05, 0) is 64.5 Å². The van der Waals surface area contributed by atoms with Crippen LogP contribution >= 0.6 is 0 Å². The van der Waals surface area contributed by atoms with Gasteiger partial charge in [0.1, 0.15) is 0 Å². The van der Waals surface area contributed by atoms with E-state index in [1.54, 1.807) is 48.3 Å². The second kappa shape index (κ2) is 10.5. The Balaban J connectivity index is 1.77. The molecule has 2 amide bonds. The fourth-order valence-corrected chi connectivity index (χ4v) is 2.63. The molecule has 8 heteroatoms. The van der Waals surface area contributed by atoms with Crippen LogP contribution in [0.4, 0.5) is 5.69 Å². The van der Waals surface area contributed by atoms with Crippen LogP contribution in [0.5, 0.6) is 0 Å². The van der Waals surface area contributed by atoms with Crippen molar-refractivity contribution in [3.05, 3.63) is 48.0 Å². The Bertz CT molecular complexity index is 842. The molecule has 8 nitrogen and oxygen atoms in total. The number of nitrogens with zero attached hydrogens (tertiary/aromatic N) is 3. The Morgan fingerprint density at radius 3 is 2.38 bits per heavy atom. The molecule has 0 fully saturated rings. The minimum Gasteiger partial charge on any atom is -0.348 e. The Labute approximate surface area is 171 Å². The minimum atomic E-state index is -0.729. The van der Waals surface area contributed by atoms with Crippen molar-refractivity contribution in [1.82, 2.24) is 19.8 Å². The van der Waals surface area contributed by atoms with Crippen LogP contribution in [0.2, 0.25) is 0 Å². The number of benzene rings is 1. The topological polar surface area (TPSA) is 96.3 Å².